The summed E-state index contributed by atoms with van der Waals surface area (Å²) in [7, 11) is 1.59. The van der Waals surface area contributed by atoms with Crippen LogP contribution < -0.4 is 10.1 Å². The number of para-hydroxylation sites is 1. The summed E-state index contributed by atoms with van der Waals surface area (Å²) in [6, 6.07) is 9.41. The number of aromatic amines is 1. The third-order valence-corrected chi connectivity index (χ3v) is 8.67. The normalized spacial score (nSPS) is 16.4. The van der Waals surface area contributed by atoms with Gasteiger partial charge in [0, 0.05) is 50.6 Å². The van der Waals surface area contributed by atoms with Gasteiger partial charge in [-0.1, -0.05) is 43.1 Å². The van der Waals surface area contributed by atoms with Crippen LogP contribution in [0.5, 0.6) is 5.88 Å². The minimum Gasteiger partial charge on any atom is -0.480 e. The Kier molecular flexibility index (Phi) is 10.5. The van der Waals surface area contributed by atoms with Gasteiger partial charge in [-0.15, -0.1) is 0 Å². The van der Waals surface area contributed by atoms with E-state index in [-0.39, 0.29) is 17.8 Å². The van der Waals surface area contributed by atoms with E-state index in [1.54, 1.807) is 18.2 Å². The van der Waals surface area contributed by atoms with Crippen LogP contribution in [0.3, 0.4) is 0 Å². The van der Waals surface area contributed by atoms with Crippen molar-refractivity contribution in [2.24, 2.45) is 5.16 Å². The summed E-state index contributed by atoms with van der Waals surface area (Å²) in [6.45, 7) is 8.34. The molecule has 2 aliphatic heterocycles. The fourth-order valence-electron chi connectivity index (χ4n) is 5.98. The minimum atomic E-state index is -0.621. The molecule has 0 radical (unpaired) electrons. The lowest BCUT2D eigenvalue weighted by atomic mass is 9.87. The van der Waals surface area contributed by atoms with Crippen LogP contribution >= 0.6 is 0 Å². The first-order valence-corrected chi connectivity index (χ1v) is 16.5. The molecule has 3 aromatic rings. The summed E-state index contributed by atoms with van der Waals surface area (Å²) in [5.74, 6) is 1.02. The second-order valence-corrected chi connectivity index (χ2v) is 13.4. The second-order valence-electron chi connectivity index (χ2n) is 13.4. The van der Waals surface area contributed by atoms with E-state index in [1.165, 1.54) is 0 Å². The summed E-state index contributed by atoms with van der Waals surface area (Å²) < 4.78 is 11.1. The summed E-state index contributed by atoms with van der Waals surface area (Å²) in [5, 5.41) is 8.32. The number of nitrogens with one attached hydrogen (secondary N) is 2. The standard InChI is InChI=1S/C35H46N6O6/c1-6-24(42)13-8-7-9-15-27(30-36-22-29(37-30)25-20-23-12-10-11-14-26(23)39-32(25)45-5)38-31(43)28-21-35(47-40-28)16-18-41(19-17-35)33(44)46-34(2,3)4/h10-12,14,20,22,27H,6-9,13,15-19,21H2,1-5H3,(H,36,37)(H,38,43)/t27-/m0/s1. The van der Waals surface area contributed by atoms with Gasteiger partial charge in [-0.25, -0.2) is 14.8 Å². The van der Waals surface area contributed by atoms with Crippen LogP contribution in [0.2, 0.25) is 0 Å². The summed E-state index contributed by atoms with van der Waals surface area (Å²) in [5.41, 5.74) is 1.45. The fraction of sp³-hybridized carbons (Fsp3) is 0.543. The SMILES string of the molecule is CCC(=O)CCCCC[C@H](NC(=O)C1=NOC2(CCN(C(=O)OC(C)(C)C)CC2)C1)c1ncc(-c2cc3ccccc3nc2OC)[nH]1. The number of fused-ring (bicyclic) bond motifs is 1. The fourth-order valence-corrected chi connectivity index (χ4v) is 5.98. The van der Waals surface area contributed by atoms with Crippen LogP contribution in [-0.2, 0) is 19.2 Å². The van der Waals surface area contributed by atoms with E-state index in [0.717, 1.165) is 41.4 Å². The zero-order valence-corrected chi connectivity index (χ0v) is 28.1. The highest BCUT2D eigenvalue weighted by molar-refractivity contribution is 6.39. The number of methoxy groups -OCH3 is 1. The zero-order chi connectivity index (χ0) is 33.6. The van der Waals surface area contributed by atoms with Crippen molar-refractivity contribution < 1.29 is 28.7 Å². The molecule has 12 nitrogen and oxygen atoms in total. The molecule has 0 aliphatic carbocycles. The van der Waals surface area contributed by atoms with E-state index in [1.807, 2.05) is 58.0 Å². The molecule has 5 rings (SSSR count). The number of likely N-dealkylation sites (tertiary alicyclic amines) is 1. The van der Waals surface area contributed by atoms with Gasteiger partial charge in [0.2, 0.25) is 5.88 Å². The van der Waals surface area contributed by atoms with Gasteiger partial charge in [-0.2, -0.15) is 0 Å². The van der Waals surface area contributed by atoms with E-state index >= 15 is 0 Å². The lowest BCUT2D eigenvalue weighted by molar-refractivity contribution is -0.119. The summed E-state index contributed by atoms with van der Waals surface area (Å²) in [4.78, 5) is 58.2. The van der Waals surface area contributed by atoms with Crippen molar-refractivity contribution in [3.05, 3.63) is 42.4 Å². The van der Waals surface area contributed by atoms with E-state index in [0.29, 0.717) is 69.0 Å². The Morgan fingerprint density at radius 1 is 1.13 bits per heavy atom. The Bertz CT molecular complexity index is 1620. The number of ether oxygens (including phenoxy) is 2. The van der Waals surface area contributed by atoms with Crippen molar-refractivity contribution in [2.75, 3.05) is 20.2 Å². The minimum absolute atomic E-state index is 0.258. The van der Waals surface area contributed by atoms with Crippen molar-refractivity contribution in [3.63, 3.8) is 0 Å². The number of oxime groups is 1. The Balaban J connectivity index is 1.27. The maximum absolute atomic E-state index is 13.6. The zero-order valence-electron chi connectivity index (χ0n) is 28.1. The van der Waals surface area contributed by atoms with Crippen molar-refractivity contribution in [3.8, 4) is 17.1 Å². The molecule has 0 unspecified atom stereocenters. The number of imidazole rings is 1. The number of aromatic nitrogens is 3. The van der Waals surface area contributed by atoms with Crippen LogP contribution in [0.1, 0.15) is 97.3 Å². The number of piperidine rings is 1. The first-order chi connectivity index (χ1) is 22.5. The van der Waals surface area contributed by atoms with Crippen molar-refractivity contribution in [2.45, 2.75) is 103 Å². The van der Waals surface area contributed by atoms with Gasteiger partial charge in [0.15, 0.2) is 0 Å². The number of carbonyl (C=O) groups excluding carboxylic acids is 3. The molecule has 1 fully saturated rings. The maximum Gasteiger partial charge on any atom is 0.410 e. The van der Waals surface area contributed by atoms with Gasteiger partial charge in [0.05, 0.1) is 36.1 Å². The van der Waals surface area contributed by atoms with Crippen LogP contribution in [0.4, 0.5) is 4.79 Å². The highest BCUT2D eigenvalue weighted by atomic mass is 16.7. The number of unbranched alkanes of at least 4 members (excludes halogenated alkanes) is 2. The van der Waals surface area contributed by atoms with Gasteiger partial charge in [-0.3, -0.25) is 9.59 Å². The third kappa shape index (κ3) is 8.47. The molecule has 252 valence electrons. The molecule has 12 heteroatoms. The monoisotopic (exact) mass is 646 g/mol. The highest BCUT2D eigenvalue weighted by Gasteiger charge is 2.45. The van der Waals surface area contributed by atoms with Crippen LogP contribution in [0.25, 0.3) is 22.2 Å². The molecule has 2 N–H and O–H groups in total. The molecule has 1 aromatic carbocycles. The maximum atomic E-state index is 13.6. The van der Waals surface area contributed by atoms with E-state index in [2.05, 4.69) is 25.4 Å². The molecule has 4 heterocycles. The van der Waals surface area contributed by atoms with Crippen molar-refractivity contribution >= 4 is 34.4 Å². The van der Waals surface area contributed by atoms with Gasteiger partial charge < -0.3 is 29.5 Å². The number of hydrogen-bond acceptors (Lipinski definition) is 9. The molecule has 2 amide bonds. The second kappa shape index (κ2) is 14.5. The van der Waals surface area contributed by atoms with E-state index in [9.17, 15) is 14.4 Å². The number of rotatable bonds is 12. The first-order valence-electron chi connectivity index (χ1n) is 16.5. The highest BCUT2D eigenvalue weighted by Crippen LogP contribution is 2.36. The molecule has 0 saturated carbocycles. The van der Waals surface area contributed by atoms with Crippen LogP contribution in [-0.4, -0.2) is 74.7 Å². The lowest BCUT2D eigenvalue weighted by Crippen LogP contribution is -2.48. The number of benzene rings is 1. The van der Waals surface area contributed by atoms with Crippen LogP contribution in [0.15, 0.2) is 41.7 Å². The van der Waals surface area contributed by atoms with Crippen molar-refractivity contribution in [1.82, 2.24) is 25.2 Å². The van der Waals surface area contributed by atoms with Crippen molar-refractivity contribution in [1.29, 1.82) is 0 Å². The molecule has 2 aromatic heterocycles. The molecule has 1 saturated heterocycles. The summed E-state index contributed by atoms with van der Waals surface area (Å²) in [6.07, 6.45) is 7.03. The smallest absolute Gasteiger partial charge is 0.410 e. The predicted octanol–water partition coefficient (Wildman–Crippen LogP) is 6.27. The Hall–Kier alpha value is -4.48. The molecule has 1 atom stereocenters. The number of ketones is 1. The summed E-state index contributed by atoms with van der Waals surface area (Å²) >= 11 is 0. The Labute approximate surface area is 275 Å². The van der Waals surface area contributed by atoms with Gasteiger partial charge >= 0.3 is 6.09 Å². The number of amides is 2. The molecule has 1 spiro atoms. The number of H-pyrrole nitrogens is 1. The predicted molar refractivity (Wildman–Crippen MR) is 178 cm³/mol. The van der Waals surface area contributed by atoms with Gasteiger partial charge in [-0.05, 0) is 45.7 Å². The molecule has 0 bridgehead atoms. The topological polar surface area (TPSA) is 148 Å². The lowest BCUT2D eigenvalue weighted by Gasteiger charge is -2.37. The van der Waals surface area contributed by atoms with Gasteiger partial charge in [0.1, 0.15) is 28.5 Å². The van der Waals surface area contributed by atoms with E-state index in [4.69, 9.17) is 14.3 Å². The number of hydrogen-bond donors (Lipinski definition) is 2. The first kappa shape index (κ1) is 33.9. The van der Waals surface area contributed by atoms with Crippen LogP contribution in [0, 0.1) is 0 Å². The number of Topliss-reactive ketones (excluding diaryl/α,β-unsaturated/α-hetero) is 1. The Morgan fingerprint density at radius 2 is 1.89 bits per heavy atom. The Morgan fingerprint density at radius 3 is 2.62 bits per heavy atom. The average Bonchev–Trinajstić information content (AvgIpc) is 3.71. The van der Waals surface area contributed by atoms with E-state index < -0.39 is 17.2 Å². The largest absolute Gasteiger partial charge is 0.480 e. The average molecular weight is 647 g/mol. The molecular formula is C35H46N6O6. The number of pyridine rings is 1. The number of nitrogens with zero attached hydrogens (tertiary/aromatic N) is 4. The molecule has 47 heavy (non-hydrogen) atoms. The number of carbonyl (C=O) groups is 3. The molecule has 2 aliphatic rings. The third-order valence-electron chi connectivity index (χ3n) is 8.67. The van der Waals surface area contributed by atoms with Gasteiger partial charge in [0.25, 0.3) is 5.91 Å². The molecular weight excluding hydrogens is 600 g/mol. The quantitative estimate of drug-likeness (QED) is 0.219.